The first-order chi connectivity index (χ1) is 8.81. The fourth-order valence-corrected chi connectivity index (χ4v) is 1.92. The van der Waals surface area contributed by atoms with Crippen LogP contribution in [0.15, 0.2) is 43.2 Å². The maximum absolute atomic E-state index is 8.91. The normalized spacial score (nSPS) is 10.8. The first kappa shape index (κ1) is 12.7. The second kappa shape index (κ2) is 6.28. The Morgan fingerprint density at radius 2 is 2.00 bits per heavy atom. The van der Waals surface area contributed by atoms with E-state index in [1.165, 1.54) is 5.56 Å². The highest BCUT2D eigenvalue weighted by molar-refractivity contribution is 5.03. The Kier molecular flexibility index (Phi) is 4.44. The van der Waals surface area contributed by atoms with Gasteiger partial charge in [0.15, 0.2) is 18.9 Å². The van der Waals surface area contributed by atoms with Crippen LogP contribution in [-0.2, 0) is 19.6 Å². The van der Waals surface area contributed by atoms with Gasteiger partial charge in [0, 0.05) is 6.07 Å². The zero-order valence-corrected chi connectivity index (χ0v) is 10.3. The standard InChI is InChI=1S/C13H19N3O2/c17-8-6-14-3-1-2-13(10-14)11-16-5-4-15(12-16)7-9-18/h1-5,10,12,17-18H,6-9,11H2/q+2. The zero-order chi connectivity index (χ0) is 12.8. The Morgan fingerprint density at radius 1 is 1.11 bits per heavy atom. The lowest BCUT2D eigenvalue weighted by Gasteiger charge is -1.98. The number of aliphatic hydroxyl groups excluding tert-OH is 2. The van der Waals surface area contributed by atoms with Crippen LogP contribution in [0.5, 0.6) is 0 Å². The molecule has 5 heteroatoms. The van der Waals surface area contributed by atoms with Gasteiger partial charge in [-0.3, -0.25) is 0 Å². The average Bonchev–Trinajstić information content (AvgIpc) is 2.78. The second-order valence-electron chi connectivity index (χ2n) is 4.22. The van der Waals surface area contributed by atoms with Crippen LogP contribution >= 0.6 is 0 Å². The molecule has 96 valence electrons. The van der Waals surface area contributed by atoms with Crippen LogP contribution in [0.2, 0.25) is 0 Å². The third-order valence-electron chi connectivity index (χ3n) is 2.75. The summed E-state index contributed by atoms with van der Waals surface area (Å²) in [6, 6.07) is 4.04. The van der Waals surface area contributed by atoms with E-state index >= 15 is 0 Å². The predicted molar refractivity (Wildman–Crippen MR) is 64.5 cm³/mol. The number of nitrogens with zero attached hydrogens (tertiary/aromatic N) is 3. The molecule has 0 saturated carbocycles. The van der Waals surface area contributed by atoms with E-state index in [0.717, 1.165) is 6.54 Å². The molecular weight excluding hydrogens is 230 g/mol. The third-order valence-corrected chi connectivity index (χ3v) is 2.75. The topological polar surface area (TPSA) is 53.2 Å². The van der Waals surface area contributed by atoms with E-state index in [1.807, 2.05) is 46.3 Å². The molecule has 2 rings (SSSR count). The first-order valence-corrected chi connectivity index (χ1v) is 6.06. The summed E-state index contributed by atoms with van der Waals surface area (Å²) in [4.78, 5) is 0. The summed E-state index contributed by atoms with van der Waals surface area (Å²) in [5, 5.41) is 17.8. The van der Waals surface area contributed by atoms with Gasteiger partial charge in [-0.25, -0.2) is 13.7 Å². The van der Waals surface area contributed by atoms with Gasteiger partial charge in [0.05, 0.1) is 12.2 Å². The Morgan fingerprint density at radius 3 is 2.78 bits per heavy atom. The van der Waals surface area contributed by atoms with Gasteiger partial charge < -0.3 is 10.2 Å². The molecule has 5 nitrogen and oxygen atoms in total. The van der Waals surface area contributed by atoms with Crippen LogP contribution in [0.1, 0.15) is 5.56 Å². The van der Waals surface area contributed by atoms with E-state index in [-0.39, 0.29) is 13.2 Å². The van der Waals surface area contributed by atoms with Crippen LogP contribution in [0, 0.1) is 0 Å². The fraction of sp³-hybridized carbons (Fsp3) is 0.385. The molecule has 0 spiro atoms. The monoisotopic (exact) mass is 249 g/mol. The van der Waals surface area contributed by atoms with Crippen LogP contribution in [0.3, 0.4) is 0 Å². The summed E-state index contributed by atoms with van der Waals surface area (Å²) in [5.74, 6) is 0. The number of rotatable bonds is 6. The number of aliphatic hydroxyl groups is 2. The van der Waals surface area contributed by atoms with Crippen LogP contribution < -0.4 is 9.13 Å². The molecule has 0 aliphatic carbocycles. The molecule has 0 amide bonds. The highest BCUT2D eigenvalue weighted by Crippen LogP contribution is 1.94. The Hall–Kier alpha value is -1.72. The summed E-state index contributed by atoms with van der Waals surface area (Å²) >= 11 is 0. The molecule has 0 saturated heterocycles. The van der Waals surface area contributed by atoms with E-state index in [2.05, 4.69) is 10.6 Å². The van der Waals surface area contributed by atoms with Gasteiger partial charge in [-0.2, -0.15) is 0 Å². The quantitative estimate of drug-likeness (QED) is 0.652. The number of aromatic nitrogens is 3. The lowest BCUT2D eigenvalue weighted by Crippen LogP contribution is -2.37. The molecule has 0 aliphatic rings. The van der Waals surface area contributed by atoms with Crippen LogP contribution in [0.4, 0.5) is 0 Å². The van der Waals surface area contributed by atoms with Crippen LogP contribution in [-0.4, -0.2) is 28.0 Å². The van der Waals surface area contributed by atoms with Gasteiger partial charge in [0.1, 0.15) is 32.1 Å². The lowest BCUT2D eigenvalue weighted by atomic mass is 10.3. The van der Waals surface area contributed by atoms with Gasteiger partial charge in [0.25, 0.3) is 0 Å². The van der Waals surface area contributed by atoms with Crippen molar-refractivity contribution in [3.8, 4) is 0 Å². The molecule has 2 heterocycles. The maximum atomic E-state index is 8.91. The van der Waals surface area contributed by atoms with Crippen molar-refractivity contribution in [2.75, 3.05) is 13.2 Å². The molecule has 2 aromatic rings. The highest BCUT2D eigenvalue weighted by Gasteiger charge is 2.07. The molecule has 0 aromatic carbocycles. The largest absolute Gasteiger partial charge is 0.392 e. The van der Waals surface area contributed by atoms with Crippen molar-refractivity contribution < 1.29 is 19.3 Å². The molecule has 0 radical (unpaired) electrons. The van der Waals surface area contributed by atoms with Gasteiger partial charge in [0.2, 0.25) is 6.33 Å². The summed E-state index contributed by atoms with van der Waals surface area (Å²) in [6.07, 6.45) is 9.88. The summed E-state index contributed by atoms with van der Waals surface area (Å²) in [6.45, 7) is 2.31. The summed E-state index contributed by atoms with van der Waals surface area (Å²) in [5.41, 5.74) is 1.18. The number of hydrogen-bond acceptors (Lipinski definition) is 2. The third kappa shape index (κ3) is 3.38. The van der Waals surface area contributed by atoms with Crippen molar-refractivity contribution in [1.29, 1.82) is 0 Å². The molecule has 18 heavy (non-hydrogen) atoms. The van der Waals surface area contributed by atoms with Crippen molar-refractivity contribution >= 4 is 0 Å². The minimum atomic E-state index is 0.147. The van der Waals surface area contributed by atoms with E-state index in [9.17, 15) is 0 Å². The molecule has 0 bridgehead atoms. The number of hydrogen-bond donors (Lipinski definition) is 2. The van der Waals surface area contributed by atoms with Gasteiger partial charge in [-0.15, -0.1) is 0 Å². The zero-order valence-electron chi connectivity index (χ0n) is 10.3. The molecule has 0 fully saturated rings. The van der Waals surface area contributed by atoms with Gasteiger partial charge in [-0.05, 0) is 6.07 Å². The van der Waals surface area contributed by atoms with Gasteiger partial charge in [-0.1, -0.05) is 0 Å². The second-order valence-corrected chi connectivity index (χ2v) is 4.22. The first-order valence-electron chi connectivity index (χ1n) is 6.06. The van der Waals surface area contributed by atoms with Crippen molar-refractivity contribution in [1.82, 2.24) is 4.57 Å². The fourth-order valence-electron chi connectivity index (χ4n) is 1.92. The molecule has 2 N–H and O–H groups in total. The van der Waals surface area contributed by atoms with Crippen molar-refractivity contribution in [3.63, 3.8) is 0 Å². The predicted octanol–water partition coefficient (Wildman–Crippen LogP) is -0.904. The van der Waals surface area contributed by atoms with E-state index in [4.69, 9.17) is 10.2 Å². The Bertz CT molecular complexity index is 496. The molecule has 2 aromatic heterocycles. The minimum Gasteiger partial charge on any atom is -0.392 e. The van der Waals surface area contributed by atoms with Gasteiger partial charge >= 0.3 is 0 Å². The maximum Gasteiger partial charge on any atom is 0.244 e. The molecule has 0 aliphatic heterocycles. The van der Waals surface area contributed by atoms with Crippen molar-refractivity contribution in [2.45, 2.75) is 19.6 Å². The summed E-state index contributed by atoms with van der Waals surface area (Å²) in [7, 11) is 0. The lowest BCUT2D eigenvalue weighted by molar-refractivity contribution is -0.706. The molecular formula is C13H19N3O2+2. The SMILES string of the molecule is OCCn1cc[n+](Cc2ccc[n+](CCO)c2)c1. The Balaban J connectivity index is 2.05. The highest BCUT2D eigenvalue weighted by atomic mass is 16.3. The average molecular weight is 249 g/mol. The van der Waals surface area contributed by atoms with E-state index in [0.29, 0.717) is 13.1 Å². The summed E-state index contributed by atoms with van der Waals surface area (Å²) < 4.78 is 5.99. The minimum absolute atomic E-state index is 0.147. The molecule has 0 atom stereocenters. The van der Waals surface area contributed by atoms with E-state index < -0.39 is 0 Å². The number of imidazole rings is 1. The number of pyridine rings is 1. The van der Waals surface area contributed by atoms with Crippen molar-refractivity contribution in [3.05, 3.63) is 48.8 Å². The van der Waals surface area contributed by atoms with Crippen LogP contribution in [0.25, 0.3) is 0 Å². The van der Waals surface area contributed by atoms with Crippen molar-refractivity contribution in [2.24, 2.45) is 0 Å². The molecule has 0 unspecified atom stereocenters. The smallest absolute Gasteiger partial charge is 0.244 e. The Labute approximate surface area is 106 Å². The van der Waals surface area contributed by atoms with E-state index in [1.54, 1.807) is 0 Å².